The molecule has 0 aliphatic carbocycles. The average molecular weight is 520 g/mol. The molecule has 1 N–H and O–H groups in total. The zero-order chi connectivity index (χ0) is 26.0. The van der Waals surface area contributed by atoms with Crippen LogP contribution >= 0.6 is 11.3 Å². The number of anilines is 2. The van der Waals surface area contributed by atoms with Gasteiger partial charge in [0.25, 0.3) is 0 Å². The van der Waals surface area contributed by atoms with E-state index >= 15 is 0 Å². The molecule has 1 fully saturated rings. The number of methoxy groups -OCH3 is 1. The first kappa shape index (κ1) is 25.2. The number of hydrogen-bond acceptors (Lipinski definition) is 9. The van der Waals surface area contributed by atoms with Crippen LogP contribution in [0.15, 0.2) is 24.5 Å². The highest BCUT2D eigenvalue weighted by molar-refractivity contribution is 7.20. The van der Waals surface area contributed by atoms with Crippen LogP contribution in [0.3, 0.4) is 0 Å². The number of amides is 1. The summed E-state index contributed by atoms with van der Waals surface area (Å²) in [6.07, 6.45) is -3.58. The Bertz CT molecular complexity index is 1370. The molecule has 2 aromatic heterocycles. The summed E-state index contributed by atoms with van der Waals surface area (Å²) in [5, 5.41) is 13.1. The number of carbonyl (C=O) groups excluding carboxylic acids is 2. The molecule has 9 nitrogen and oxygen atoms in total. The Hall–Kier alpha value is -3.92. The predicted octanol–water partition coefficient (Wildman–Crippen LogP) is 4.33. The molecule has 1 saturated heterocycles. The summed E-state index contributed by atoms with van der Waals surface area (Å²) in [7, 11) is 1.28. The number of nitrogens with one attached hydrogen (secondary N) is 1. The average Bonchev–Trinajstić information content (AvgIpc) is 3.21. The lowest BCUT2D eigenvalue weighted by Crippen LogP contribution is -2.49. The summed E-state index contributed by atoms with van der Waals surface area (Å²) >= 11 is 1.16. The maximum Gasteiger partial charge on any atom is 0.471 e. The first-order chi connectivity index (χ1) is 17.1. The van der Waals surface area contributed by atoms with E-state index in [-0.39, 0.29) is 24.4 Å². The lowest BCUT2D eigenvalue weighted by atomic mass is 10.1. The summed E-state index contributed by atoms with van der Waals surface area (Å²) < 4.78 is 49.6. The Morgan fingerprint density at radius 1 is 1.31 bits per heavy atom. The second-order valence-corrected chi connectivity index (χ2v) is 9.03. The number of nitrogens with zero attached hydrogens (tertiary/aromatic N) is 4. The van der Waals surface area contributed by atoms with Gasteiger partial charge in [0, 0.05) is 12.6 Å². The van der Waals surface area contributed by atoms with Crippen molar-refractivity contribution in [2.75, 3.05) is 25.5 Å². The highest BCUT2D eigenvalue weighted by Crippen LogP contribution is 2.37. The Balaban J connectivity index is 1.65. The number of nitriles is 1. The number of piperidine rings is 1. The van der Waals surface area contributed by atoms with Gasteiger partial charge in [-0.25, -0.2) is 14.8 Å². The molecule has 1 unspecified atom stereocenters. The van der Waals surface area contributed by atoms with Crippen molar-refractivity contribution in [2.24, 2.45) is 0 Å². The summed E-state index contributed by atoms with van der Waals surface area (Å²) in [5.41, 5.74) is 1.30. The van der Waals surface area contributed by atoms with Crippen molar-refractivity contribution in [3.05, 3.63) is 40.5 Å². The summed E-state index contributed by atoms with van der Waals surface area (Å²) in [4.78, 5) is 34.0. The highest BCUT2D eigenvalue weighted by atomic mass is 32.1. The quantitative estimate of drug-likeness (QED) is 0.495. The van der Waals surface area contributed by atoms with Crippen LogP contribution in [0.1, 0.15) is 33.6 Å². The van der Waals surface area contributed by atoms with Crippen molar-refractivity contribution in [3.8, 4) is 11.8 Å². The zero-order valence-electron chi connectivity index (χ0n) is 19.2. The second-order valence-electron chi connectivity index (χ2n) is 8.03. The summed E-state index contributed by atoms with van der Waals surface area (Å²) in [6.45, 7) is 1.49. The van der Waals surface area contributed by atoms with Gasteiger partial charge in [-0.3, -0.25) is 4.79 Å². The van der Waals surface area contributed by atoms with Crippen LogP contribution in [0, 0.1) is 18.3 Å². The molecule has 3 aromatic rings. The van der Waals surface area contributed by atoms with Gasteiger partial charge < -0.3 is 19.7 Å². The minimum atomic E-state index is -4.96. The number of alkyl halides is 3. The molecule has 0 spiro atoms. The number of benzene rings is 1. The number of hydrogen-bond donors (Lipinski definition) is 1. The first-order valence-electron chi connectivity index (χ1n) is 10.8. The number of likely N-dealkylation sites (tertiary alicyclic amines) is 1. The molecule has 13 heteroatoms. The van der Waals surface area contributed by atoms with Gasteiger partial charge in [-0.1, -0.05) is 0 Å². The van der Waals surface area contributed by atoms with Crippen LogP contribution < -0.4 is 10.1 Å². The third-order valence-corrected chi connectivity index (χ3v) is 6.84. The molecule has 0 radical (unpaired) electrons. The van der Waals surface area contributed by atoms with Gasteiger partial charge in [-0.05, 0) is 37.5 Å². The number of aromatic nitrogens is 2. The van der Waals surface area contributed by atoms with E-state index in [0.717, 1.165) is 16.2 Å². The van der Waals surface area contributed by atoms with Crippen molar-refractivity contribution in [2.45, 2.75) is 32.0 Å². The van der Waals surface area contributed by atoms with Crippen molar-refractivity contribution < 1.29 is 32.2 Å². The molecule has 1 amide bonds. The highest BCUT2D eigenvalue weighted by Gasteiger charge is 2.44. The minimum Gasteiger partial charge on any atom is -0.486 e. The third-order valence-electron chi connectivity index (χ3n) is 5.66. The molecule has 3 heterocycles. The molecule has 1 atom stereocenters. The van der Waals surface area contributed by atoms with E-state index < -0.39 is 24.2 Å². The summed E-state index contributed by atoms with van der Waals surface area (Å²) in [5.74, 6) is -1.82. The maximum absolute atomic E-state index is 12.9. The van der Waals surface area contributed by atoms with Crippen molar-refractivity contribution in [3.63, 3.8) is 0 Å². The van der Waals surface area contributed by atoms with Crippen LogP contribution in [0.2, 0.25) is 0 Å². The minimum absolute atomic E-state index is 0.0135. The topological polar surface area (TPSA) is 117 Å². The zero-order valence-corrected chi connectivity index (χ0v) is 20.0. The maximum atomic E-state index is 12.9. The monoisotopic (exact) mass is 519 g/mol. The lowest BCUT2D eigenvalue weighted by Gasteiger charge is -2.33. The van der Waals surface area contributed by atoms with Gasteiger partial charge in [0.2, 0.25) is 0 Å². The number of fused-ring (bicyclic) bond motifs is 1. The van der Waals surface area contributed by atoms with E-state index in [4.69, 9.17) is 9.47 Å². The van der Waals surface area contributed by atoms with Crippen LogP contribution in [0.25, 0.3) is 10.2 Å². The van der Waals surface area contributed by atoms with E-state index in [1.807, 2.05) is 6.07 Å². The first-order valence-corrected chi connectivity index (χ1v) is 11.6. The van der Waals surface area contributed by atoms with E-state index in [0.29, 0.717) is 45.0 Å². The number of aryl methyl sites for hydroxylation is 1. The van der Waals surface area contributed by atoms with Gasteiger partial charge in [0.1, 0.15) is 33.7 Å². The molecule has 0 bridgehead atoms. The molecular formula is C23H20F3N5O4S. The number of esters is 1. The van der Waals surface area contributed by atoms with E-state index in [9.17, 15) is 28.0 Å². The van der Waals surface area contributed by atoms with Crippen LogP contribution in [-0.2, 0) is 9.53 Å². The van der Waals surface area contributed by atoms with Gasteiger partial charge in [-0.15, -0.1) is 11.3 Å². The molecule has 188 valence electrons. The molecule has 4 rings (SSSR count). The Kier molecular flexibility index (Phi) is 6.98. The van der Waals surface area contributed by atoms with E-state index in [2.05, 4.69) is 15.3 Å². The Morgan fingerprint density at radius 3 is 2.78 bits per heavy atom. The molecule has 1 aliphatic heterocycles. The lowest BCUT2D eigenvalue weighted by molar-refractivity contribution is -0.187. The number of thiophene rings is 1. The number of halogens is 3. The van der Waals surface area contributed by atoms with Gasteiger partial charge in [-0.2, -0.15) is 18.4 Å². The third kappa shape index (κ3) is 5.03. The second kappa shape index (κ2) is 9.98. The fourth-order valence-electron chi connectivity index (χ4n) is 3.95. The summed E-state index contributed by atoms with van der Waals surface area (Å²) in [6, 6.07) is 6.61. The van der Waals surface area contributed by atoms with Crippen molar-refractivity contribution in [1.29, 1.82) is 5.26 Å². The Morgan fingerprint density at radius 2 is 2.08 bits per heavy atom. The SMILES string of the molecule is COC(=O)c1sc2ncnc(Nc3ccc(C#N)cc3OC3CCCN(C(=O)C(F)(F)F)C3)c2c1C. The van der Waals surface area contributed by atoms with Gasteiger partial charge in [0.05, 0.1) is 36.4 Å². The molecule has 1 aromatic carbocycles. The Labute approximate surface area is 207 Å². The van der Waals surface area contributed by atoms with E-state index in [1.54, 1.807) is 19.1 Å². The molecular weight excluding hydrogens is 499 g/mol. The molecule has 1 aliphatic rings. The van der Waals surface area contributed by atoms with Crippen LogP contribution in [0.5, 0.6) is 5.75 Å². The fraction of sp³-hybridized carbons (Fsp3) is 0.348. The number of carbonyl (C=O) groups is 2. The van der Waals surface area contributed by atoms with Gasteiger partial charge >= 0.3 is 18.1 Å². The normalized spacial score (nSPS) is 15.9. The van der Waals surface area contributed by atoms with Gasteiger partial charge in [0.15, 0.2) is 0 Å². The fourth-order valence-corrected chi connectivity index (χ4v) is 5.02. The number of rotatable bonds is 5. The standard InChI is InChI=1S/C23H20F3N5O4S/c1-12-17-19(28-11-29-20(17)36-18(12)21(32)34-2)30-15-6-5-13(9-27)8-16(15)35-14-4-3-7-31(10-14)22(33)23(24,25)26/h5-6,8,11,14H,3-4,7,10H2,1-2H3,(H,28,29,30). The molecule has 36 heavy (non-hydrogen) atoms. The predicted molar refractivity (Wildman–Crippen MR) is 124 cm³/mol. The number of ether oxygens (including phenoxy) is 2. The van der Waals surface area contributed by atoms with Crippen LogP contribution in [0.4, 0.5) is 24.7 Å². The van der Waals surface area contributed by atoms with Crippen molar-refractivity contribution >= 4 is 44.9 Å². The smallest absolute Gasteiger partial charge is 0.471 e. The van der Waals surface area contributed by atoms with E-state index in [1.165, 1.54) is 19.5 Å². The molecule has 0 saturated carbocycles. The van der Waals surface area contributed by atoms with Crippen LogP contribution in [-0.4, -0.2) is 59.2 Å². The van der Waals surface area contributed by atoms with Crippen molar-refractivity contribution in [1.82, 2.24) is 14.9 Å². The largest absolute Gasteiger partial charge is 0.486 e.